The van der Waals surface area contributed by atoms with E-state index < -0.39 is 0 Å². The Hall–Kier alpha value is -2.62. The minimum atomic E-state index is -0.116. The normalized spacial score (nSPS) is 10.8. The first-order valence-electron chi connectivity index (χ1n) is 6.81. The quantitative estimate of drug-likeness (QED) is 0.802. The number of hydrogen-bond acceptors (Lipinski definition) is 3. The molecule has 0 aliphatic rings. The predicted molar refractivity (Wildman–Crippen MR) is 82.6 cm³/mol. The van der Waals surface area contributed by atoms with E-state index in [0.717, 1.165) is 22.4 Å². The molecular formula is C17H16N2O2. The standard InChI is InChI=1S/C17H16N2O2/c1-11-8-14(21-9-13-6-4-3-5-7-13)12(2)16-15(11)17(20)19-10-18-16/h3-8,10H,9H2,1-2H3,(H,18,19,20). The van der Waals surface area contributed by atoms with Crippen LogP contribution in [0.2, 0.25) is 0 Å². The Labute approximate surface area is 122 Å². The van der Waals surface area contributed by atoms with Gasteiger partial charge in [-0.05, 0) is 31.0 Å². The molecule has 0 aliphatic heterocycles. The molecule has 1 aromatic heterocycles. The van der Waals surface area contributed by atoms with Gasteiger partial charge in [-0.2, -0.15) is 0 Å². The molecule has 0 fully saturated rings. The number of rotatable bonds is 3. The largest absolute Gasteiger partial charge is 0.489 e. The molecule has 0 spiro atoms. The number of H-pyrrole nitrogens is 1. The van der Waals surface area contributed by atoms with Crippen LogP contribution in [0.25, 0.3) is 10.9 Å². The Morgan fingerprint density at radius 3 is 2.71 bits per heavy atom. The average molecular weight is 280 g/mol. The Morgan fingerprint density at radius 2 is 1.95 bits per heavy atom. The number of ether oxygens (including phenoxy) is 1. The maximum Gasteiger partial charge on any atom is 0.258 e. The highest BCUT2D eigenvalue weighted by Crippen LogP contribution is 2.27. The molecule has 0 aliphatic carbocycles. The van der Waals surface area contributed by atoms with Gasteiger partial charge in [0.15, 0.2) is 0 Å². The summed E-state index contributed by atoms with van der Waals surface area (Å²) >= 11 is 0. The summed E-state index contributed by atoms with van der Waals surface area (Å²) in [5.41, 5.74) is 3.44. The second-order valence-corrected chi connectivity index (χ2v) is 5.05. The van der Waals surface area contributed by atoms with E-state index in [4.69, 9.17) is 4.74 Å². The summed E-state index contributed by atoms with van der Waals surface area (Å²) in [5, 5.41) is 0.627. The van der Waals surface area contributed by atoms with Crippen LogP contribution in [-0.2, 0) is 6.61 Å². The van der Waals surface area contributed by atoms with E-state index in [1.165, 1.54) is 6.33 Å². The molecule has 3 aromatic rings. The van der Waals surface area contributed by atoms with Crippen molar-refractivity contribution in [3.63, 3.8) is 0 Å². The van der Waals surface area contributed by atoms with Gasteiger partial charge < -0.3 is 9.72 Å². The van der Waals surface area contributed by atoms with Crippen LogP contribution >= 0.6 is 0 Å². The molecule has 0 atom stereocenters. The van der Waals surface area contributed by atoms with Crippen molar-refractivity contribution in [3.05, 3.63) is 69.8 Å². The minimum Gasteiger partial charge on any atom is -0.489 e. The molecule has 0 unspecified atom stereocenters. The Bertz CT molecular complexity index is 839. The lowest BCUT2D eigenvalue weighted by molar-refractivity contribution is 0.304. The van der Waals surface area contributed by atoms with Crippen molar-refractivity contribution in [2.24, 2.45) is 0 Å². The van der Waals surface area contributed by atoms with E-state index in [1.807, 2.05) is 50.2 Å². The second kappa shape index (κ2) is 5.40. The van der Waals surface area contributed by atoms with Gasteiger partial charge in [-0.1, -0.05) is 30.3 Å². The summed E-state index contributed by atoms with van der Waals surface area (Å²) in [6, 6.07) is 11.9. The van der Waals surface area contributed by atoms with Crippen LogP contribution in [0, 0.1) is 13.8 Å². The van der Waals surface area contributed by atoms with Gasteiger partial charge in [0.25, 0.3) is 5.56 Å². The number of fused-ring (bicyclic) bond motifs is 1. The lowest BCUT2D eigenvalue weighted by atomic mass is 10.1. The molecule has 1 heterocycles. The summed E-state index contributed by atoms with van der Waals surface area (Å²) in [6.07, 6.45) is 1.43. The van der Waals surface area contributed by atoms with Crippen molar-refractivity contribution in [1.29, 1.82) is 0 Å². The first-order valence-corrected chi connectivity index (χ1v) is 6.81. The fourth-order valence-corrected chi connectivity index (χ4v) is 2.43. The van der Waals surface area contributed by atoms with Gasteiger partial charge in [0.05, 0.1) is 17.2 Å². The molecular weight excluding hydrogens is 264 g/mol. The SMILES string of the molecule is Cc1c(OCc2ccccc2)cc(C)c2c(=O)[nH]cnc12. The third kappa shape index (κ3) is 2.52. The highest BCUT2D eigenvalue weighted by Gasteiger charge is 2.11. The first kappa shape index (κ1) is 13.4. The third-order valence-electron chi connectivity index (χ3n) is 3.56. The molecule has 4 heteroatoms. The lowest BCUT2D eigenvalue weighted by Crippen LogP contribution is -2.09. The molecule has 3 rings (SSSR count). The predicted octanol–water partition coefficient (Wildman–Crippen LogP) is 3.12. The molecule has 2 aromatic carbocycles. The van der Waals surface area contributed by atoms with Gasteiger partial charge in [0, 0.05) is 5.56 Å². The molecule has 0 saturated carbocycles. The number of aromatic amines is 1. The van der Waals surface area contributed by atoms with E-state index in [-0.39, 0.29) is 5.56 Å². The number of aromatic nitrogens is 2. The van der Waals surface area contributed by atoms with Gasteiger partial charge >= 0.3 is 0 Å². The molecule has 1 N–H and O–H groups in total. The zero-order chi connectivity index (χ0) is 14.8. The topological polar surface area (TPSA) is 55.0 Å². The number of hydrogen-bond donors (Lipinski definition) is 1. The first-order chi connectivity index (χ1) is 10.2. The lowest BCUT2D eigenvalue weighted by Gasteiger charge is -2.12. The Kier molecular flexibility index (Phi) is 3.44. The smallest absolute Gasteiger partial charge is 0.258 e. The number of nitrogens with one attached hydrogen (secondary N) is 1. The second-order valence-electron chi connectivity index (χ2n) is 5.05. The van der Waals surface area contributed by atoms with Crippen LogP contribution in [0.4, 0.5) is 0 Å². The number of nitrogens with zero attached hydrogens (tertiary/aromatic N) is 1. The summed E-state index contributed by atoms with van der Waals surface area (Å²) in [6.45, 7) is 4.32. The van der Waals surface area contributed by atoms with E-state index in [9.17, 15) is 4.79 Å². The number of aryl methyl sites for hydroxylation is 2. The van der Waals surface area contributed by atoms with Crippen molar-refractivity contribution >= 4 is 10.9 Å². The zero-order valence-electron chi connectivity index (χ0n) is 12.0. The van der Waals surface area contributed by atoms with Crippen LogP contribution in [0.1, 0.15) is 16.7 Å². The summed E-state index contributed by atoms with van der Waals surface area (Å²) in [4.78, 5) is 18.8. The van der Waals surface area contributed by atoms with Crippen molar-refractivity contribution in [3.8, 4) is 5.75 Å². The third-order valence-corrected chi connectivity index (χ3v) is 3.56. The fraction of sp³-hybridized carbons (Fsp3) is 0.176. The molecule has 0 saturated heterocycles. The van der Waals surface area contributed by atoms with Crippen molar-refractivity contribution < 1.29 is 4.74 Å². The monoisotopic (exact) mass is 280 g/mol. The van der Waals surface area contributed by atoms with Crippen LogP contribution in [0.3, 0.4) is 0 Å². The molecule has 4 nitrogen and oxygen atoms in total. The molecule has 21 heavy (non-hydrogen) atoms. The van der Waals surface area contributed by atoms with E-state index in [0.29, 0.717) is 17.5 Å². The maximum absolute atomic E-state index is 11.9. The zero-order valence-corrected chi connectivity index (χ0v) is 12.0. The van der Waals surface area contributed by atoms with E-state index in [2.05, 4.69) is 9.97 Å². The molecule has 0 amide bonds. The van der Waals surface area contributed by atoms with Crippen LogP contribution in [0.5, 0.6) is 5.75 Å². The van der Waals surface area contributed by atoms with Crippen LogP contribution < -0.4 is 10.3 Å². The van der Waals surface area contributed by atoms with Gasteiger partial charge in [-0.15, -0.1) is 0 Å². The number of benzene rings is 2. The van der Waals surface area contributed by atoms with E-state index in [1.54, 1.807) is 0 Å². The summed E-state index contributed by atoms with van der Waals surface area (Å²) < 4.78 is 5.90. The molecule has 0 bridgehead atoms. The van der Waals surface area contributed by atoms with Crippen LogP contribution in [0.15, 0.2) is 47.5 Å². The average Bonchev–Trinajstić information content (AvgIpc) is 2.50. The minimum absolute atomic E-state index is 0.116. The van der Waals surface area contributed by atoms with Gasteiger partial charge in [-0.25, -0.2) is 4.98 Å². The van der Waals surface area contributed by atoms with Gasteiger partial charge in [-0.3, -0.25) is 4.79 Å². The summed E-state index contributed by atoms with van der Waals surface area (Å²) in [5.74, 6) is 0.766. The summed E-state index contributed by atoms with van der Waals surface area (Å²) in [7, 11) is 0. The van der Waals surface area contributed by atoms with E-state index >= 15 is 0 Å². The fourth-order valence-electron chi connectivity index (χ4n) is 2.43. The molecule has 106 valence electrons. The highest BCUT2D eigenvalue weighted by molar-refractivity contribution is 5.86. The van der Waals surface area contributed by atoms with Crippen molar-refractivity contribution in [2.75, 3.05) is 0 Å². The maximum atomic E-state index is 11.9. The van der Waals surface area contributed by atoms with Gasteiger partial charge in [0.2, 0.25) is 0 Å². The Balaban J connectivity index is 2.00. The van der Waals surface area contributed by atoms with Crippen molar-refractivity contribution in [2.45, 2.75) is 20.5 Å². The molecule has 0 radical (unpaired) electrons. The van der Waals surface area contributed by atoms with Gasteiger partial charge in [0.1, 0.15) is 12.4 Å². The Morgan fingerprint density at radius 1 is 1.19 bits per heavy atom. The van der Waals surface area contributed by atoms with Crippen LogP contribution in [-0.4, -0.2) is 9.97 Å². The highest BCUT2D eigenvalue weighted by atomic mass is 16.5. The van der Waals surface area contributed by atoms with Crippen molar-refractivity contribution in [1.82, 2.24) is 9.97 Å².